The third kappa shape index (κ3) is 3.84. The monoisotopic (exact) mass is 373 g/mol. The number of aromatic hydroxyl groups is 1. The van der Waals surface area contributed by atoms with Crippen molar-refractivity contribution in [3.8, 4) is 5.75 Å². The van der Waals surface area contributed by atoms with Gasteiger partial charge in [0.05, 0.1) is 8.95 Å². The lowest BCUT2D eigenvalue weighted by Gasteiger charge is -2.18. The van der Waals surface area contributed by atoms with Crippen LogP contribution in [0.15, 0.2) is 33.2 Å². The van der Waals surface area contributed by atoms with Crippen LogP contribution in [0.5, 0.6) is 5.75 Å². The van der Waals surface area contributed by atoms with Crippen LogP contribution in [0.4, 0.5) is 0 Å². The summed E-state index contributed by atoms with van der Waals surface area (Å²) in [6, 6.07) is 3.90. The Kier molecular flexibility index (Phi) is 5.27. The highest BCUT2D eigenvalue weighted by Gasteiger charge is 2.10. The first-order valence-electron chi connectivity index (χ1n) is 6.19. The standard InChI is InChI=1S/C14H17Br2NO/c15-12-6-11(7-13(16)14(12)18)9-17-8-10-4-2-1-3-5-10/h1-2,6-7,10,17-18H,3-5,8-9H2. The van der Waals surface area contributed by atoms with Crippen LogP contribution in [0.2, 0.25) is 0 Å². The summed E-state index contributed by atoms with van der Waals surface area (Å²) >= 11 is 6.70. The Morgan fingerprint density at radius 3 is 2.56 bits per heavy atom. The Balaban J connectivity index is 1.84. The molecule has 1 atom stereocenters. The second kappa shape index (κ2) is 6.73. The second-order valence-corrected chi connectivity index (χ2v) is 6.40. The van der Waals surface area contributed by atoms with Crippen LogP contribution < -0.4 is 5.32 Å². The normalized spacial score (nSPS) is 19.1. The van der Waals surface area contributed by atoms with Gasteiger partial charge in [0.1, 0.15) is 5.75 Å². The van der Waals surface area contributed by atoms with Crippen LogP contribution in [0.1, 0.15) is 24.8 Å². The zero-order valence-electron chi connectivity index (χ0n) is 10.1. The lowest BCUT2D eigenvalue weighted by atomic mass is 9.94. The molecule has 18 heavy (non-hydrogen) atoms. The molecule has 2 rings (SSSR count). The van der Waals surface area contributed by atoms with Crippen molar-refractivity contribution in [1.82, 2.24) is 5.32 Å². The molecule has 0 amide bonds. The van der Waals surface area contributed by atoms with Gasteiger partial charge in [-0.2, -0.15) is 0 Å². The molecule has 0 aliphatic heterocycles. The number of phenols is 1. The zero-order chi connectivity index (χ0) is 13.0. The highest BCUT2D eigenvalue weighted by molar-refractivity contribution is 9.11. The number of halogens is 2. The number of phenolic OH excluding ortho intramolecular Hbond substituents is 1. The minimum Gasteiger partial charge on any atom is -0.506 e. The minimum absolute atomic E-state index is 0.260. The molecule has 1 aromatic rings. The van der Waals surface area contributed by atoms with Gasteiger partial charge in [0.25, 0.3) is 0 Å². The van der Waals surface area contributed by atoms with Gasteiger partial charge in [-0.15, -0.1) is 0 Å². The fraction of sp³-hybridized carbons (Fsp3) is 0.429. The number of allylic oxidation sites excluding steroid dienone is 2. The van der Waals surface area contributed by atoms with Gasteiger partial charge in [0.15, 0.2) is 0 Å². The average molecular weight is 375 g/mol. The predicted octanol–water partition coefficient (Wildman–Crippen LogP) is 4.36. The molecule has 2 N–H and O–H groups in total. The molecule has 1 aliphatic rings. The number of hydrogen-bond donors (Lipinski definition) is 2. The molecule has 0 radical (unpaired) electrons. The molecule has 0 spiro atoms. The molecule has 1 aromatic carbocycles. The Hall–Kier alpha value is -0.320. The van der Waals surface area contributed by atoms with Gasteiger partial charge >= 0.3 is 0 Å². The maximum absolute atomic E-state index is 9.64. The summed E-state index contributed by atoms with van der Waals surface area (Å²) in [5, 5.41) is 13.1. The molecule has 0 saturated carbocycles. The third-order valence-corrected chi connectivity index (χ3v) is 4.43. The molecule has 0 saturated heterocycles. The van der Waals surface area contributed by atoms with Crippen molar-refractivity contribution in [1.29, 1.82) is 0 Å². The average Bonchev–Trinajstić information content (AvgIpc) is 2.37. The van der Waals surface area contributed by atoms with Gasteiger partial charge in [0, 0.05) is 6.54 Å². The SMILES string of the molecule is Oc1c(Br)cc(CNCC2CC=CCC2)cc1Br. The molecule has 4 heteroatoms. The Morgan fingerprint density at radius 1 is 1.22 bits per heavy atom. The first-order chi connectivity index (χ1) is 8.66. The summed E-state index contributed by atoms with van der Waals surface area (Å²) < 4.78 is 1.46. The zero-order valence-corrected chi connectivity index (χ0v) is 13.3. The van der Waals surface area contributed by atoms with Crippen molar-refractivity contribution >= 4 is 31.9 Å². The van der Waals surface area contributed by atoms with E-state index in [9.17, 15) is 5.11 Å². The fourth-order valence-corrected chi connectivity index (χ4v) is 3.46. The summed E-state index contributed by atoms with van der Waals surface area (Å²) in [6.07, 6.45) is 8.24. The van der Waals surface area contributed by atoms with Gasteiger partial charge < -0.3 is 10.4 Å². The van der Waals surface area contributed by atoms with Crippen molar-refractivity contribution in [3.63, 3.8) is 0 Å². The van der Waals surface area contributed by atoms with E-state index in [0.717, 1.165) is 33.5 Å². The number of benzene rings is 1. The van der Waals surface area contributed by atoms with Crippen molar-refractivity contribution in [3.05, 3.63) is 38.8 Å². The fourth-order valence-electron chi connectivity index (χ4n) is 2.18. The molecular formula is C14H17Br2NO. The summed E-state index contributed by atoms with van der Waals surface area (Å²) in [4.78, 5) is 0. The maximum Gasteiger partial charge on any atom is 0.143 e. The highest BCUT2D eigenvalue weighted by Crippen LogP contribution is 2.33. The molecule has 2 nitrogen and oxygen atoms in total. The molecule has 1 aliphatic carbocycles. The van der Waals surface area contributed by atoms with Crippen LogP contribution in [0.3, 0.4) is 0 Å². The third-order valence-electron chi connectivity index (χ3n) is 3.22. The highest BCUT2D eigenvalue weighted by atomic mass is 79.9. The maximum atomic E-state index is 9.64. The van der Waals surface area contributed by atoms with Crippen molar-refractivity contribution in [2.45, 2.75) is 25.8 Å². The van der Waals surface area contributed by atoms with E-state index in [2.05, 4.69) is 49.3 Å². The van der Waals surface area contributed by atoms with E-state index in [0.29, 0.717) is 0 Å². The van der Waals surface area contributed by atoms with Gasteiger partial charge in [0.2, 0.25) is 0 Å². The topological polar surface area (TPSA) is 32.3 Å². The van der Waals surface area contributed by atoms with E-state index in [1.807, 2.05) is 12.1 Å². The lowest BCUT2D eigenvalue weighted by Crippen LogP contribution is -2.23. The Bertz CT molecular complexity index is 422. The van der Waals surface area contributed by atoms with Crippen LogP contribution in [-0.2, 0) is 6.54 Å². The van der Waals surface area contributed by atoms with Crippen molar-refractivity contribution in [2.24, 2.45) is 5.92 Å². The second-order valence-electron chi connectivity index (χ2n) is 4.69. The van der Waals surface area contributed by atoms with Crippen LogP contribution in [0.25, 0.3) is 0 Å². The van der Waals surface area contributed by atoms with E-state index in [1.54, 1.807) is 0 Å². The molecule has 1 unspecified atom stereocenters. The van der Waals surface area contributed by atoms with E-state index < -0.39 is 0 Å². The van der Waals surface area contributed by atoms with E-state index in [4.69, 9.17) is 0 Å². The quantitative estimate of drug-likeness (QED) is 0.767. The molecule has 0 bridgehead atoms. The largest absolute Gasteiger partial charge is 0.506 e. The first kappa shape index (κ1) is 14.1. The Labute approximate surface area is 125 Å². The van der Waals surface area contributed by atoms with Gasteiger partial charge in [-0.1, -0.05) is 12.2 Å². The molecule has 0 heterocycles. The van der Waals surface area contributed by atoms with Crippen LogP contribution in [0, 0.1) is 5.92 Å². The summed E-state index contributed by atoms with van der Waals surface area (Å²) in [5.74, 6) is 1.02. The van der Waals surface area contributed by atoms with E-state index in [1.165, 1.54) is 19.3 Å². The first-order valence-corrected chi connectivity index (χ1v) is 7.78. The summed E-state index contributed by atoms with van der Waals surface area (Å²) in [6.45, 7) is 1.89. The summed E-state index contributed by atoms with van der Waals surface area (Å²) in [5.41, 5.74) is 1.16. The van der Waals surface area contributed by atoms with Gasteiger partial charge in [-0.25, -0.2) is 0 Å². The lowest BCUT2D eigenvalue weighted by molar-refractivity contribution is 0.440. The van der Waals surface area contributed by atoms with Gasteiger partial charge in [-0.05, 0) is 81.3 Å². The predicted molar refractivity (Wildman–Crippen MR) is 81.7 cm³/mol. The smallest absolute Gasteiger partial charge is 0.143 e. The van der Waals surface area contributed by atoms with E-state index >= 15 is 0 Å². The van der Waals surface area contributed by atoms with Crippen molar-refractivity contribution in [2.75, 3.05) is 6.54 Å². The number of rotatable bonds is 4. The molecule has 98 valence electrons. The minimum atomic E-state index is 0.260. The van der Waals surface area contributed by atoms with Crippen LogP contribution in [-0.4, -0.2) is 11.7 Å². The Morgan fingerprint density at radius 2 is 1.94 bits per heavy atom. The van der Waals surface area contributed by atoms with Crippen molar-refractivity contribution < 1.29 is 5.11 Å². The molecular weight excluding hydrogens is 358 g/mol. The number of hydrogen-bond acceptors (Lipinski definition) is 2. The molecule has 0 fully saturated rings. The van der Waals surface area contributed by atoms with E-state index in [-0.39, 0.29) is 5.75 Å². The molecule has 0 aromatic heterocycles. The van der Waals surface area contributed by atoms with Gasteiger partial charge in [-0.3, -0.25) is 0 Å². The summed E-state index contributed by atoms with van der Waals surface area (Å²) in [7, 11) is 0. The number of nitrogens with one attached hydrogen (secondary N) is 1. The van der Waals surface area contributed by atoms with Crippen LogP contribution >= 0.6 is 31.9 Å².